The van der Waals surface area contributed by atoms with E-state index in [-0.39, 0.29) is 0 Å². The molecule has 0 saturated heterocycles. The van der Waals surface area contributed by atoms with Crippen molar-refractivity contribution in [2.45, 2.75) is 71.6 Å². The third-order valence-corrected chi connectivity index (χ3v) is 5.36. The highest BCUT2D eigenvalue weighted by molar-refractivity contribution is 5.75. The molecule has 2 heteroatoms. The molecule has 0 aromatic heterocycles. The summed E-state index contributed by atoms with van der Waals surface area (Å²) in [6, 6.07) is 0. The monoisotopic (exact) mass is 260 g/mol. The summed E-state index contributed by atoms with van der Waals surface area (Å²) in [5, 5.41) is 0. The molecule has 1 aromatic carbocycles. The molecule has 0 bridgehead atoms. The Hall–Kier alpha value is -1.18. The average molecular weight is 260 g/mol. The van der Waals surface area contributed by atoms with E-state index in [9.17, 15) is 0 Å². The molecule has 0 saturated carbocycles. The van der Waals surface area contributed by atoms with Gasteiger partial charge in [-0.3, -0.25) is 0 Å². The molecule has 0 unspecified atom stereocenters. The van der Waals surface area contributed by atoms with Gasteiger partial charge in [0, 0.05) is 11.4 Å². The molecule has 106 valence electrons. The van der Waals surface area contributed by atoms with Crippen LogP contribution in [0.4, 0.5) is 11.4 Å². The summed E-state index contributed by atoms with van der Waals surface area (Å²) in [6.45, 7) is 8.96. The van der Waals surface area contributed by atoms with Crippen LogP contribution in [0.3, 0.4) is 0 Å². The minimum absolute atomic E-state index is 0.293. The van der Waals surface area contributed by atoms with Gasteiger partial charge in [0.2, 0.25) is 0 Å². The van der Waals surface area contributed by atoms with Crippen LogP contribution in [0.1, 0.15) is 69.2 Å². The molecule has 2 nitrogen and oxygen atoms in total. The highest BCUT2D eigenvalue weighted by Crippen LogP contribution is 2.50. The van der Waals surface area contributed by atoms with Crippen LogP contribution in [-0.2, 0) is 24.7 Å². The fourth-order valence-corrected chi connectivity index (χ4v) is 4.07. The van der Waals surface area contributed by atoms with Crippen molar-refractivity contribution >= 4 is 11.4 Å². The molecule has 1 aliphatic rings. The van der Waals surface area contributed by atoms with E-state index in [1.54, 1.807) is 0 Å². The Morgan fingerprint density at radius 2 is 1.47 bits per heavy atom. The van der Waals surface area contributed by atoms with E-state index in [1.807, 2.05) is 0 Å². The van der Waals surface area contributed by atoms with Gasteiger partial charge >= 0.3 is 0 Å². The highest BCUT2D eigenvalue weighted by Gasteiger charge is 2.39. The maximum absolute atomic E-state index is 6.52. The van der Waals surface area contributed by atoms with Gasteiger partial charge in [0.05, 0.1) is 0 Å². The lowest BCUT2D eigenvalue weighted by molar-refractivity contribution is 0.395. The molecule has 4 N–H and O–H groups in total. The lowest BCUT2D eigenvalue weighted by Crippen LogP contribution is -2.23. The van der Waals surface area contributed by atoms with Crippen molar-refractivity contribution in [3.05, 3.63) is 22.3 Å². The summed E-state index contributed by atoms with van der Waals surface area (Å²) in [6.07, 6.45) is 6.69. The maximum atomic E-state index is 6.52. The summed E-state index contributed by atoms with van der Waals surface area (Å²) in [5.41, 5.74) is 20.6. The van der Waals surface area contributed by atoms with Crippen molar-refractivity contribution in [2.75, 3.05) is 11.5 Å². The van der Waals surface area contributed by atoms with E-state index in [0.717, 1.165) is 30.6 Å². The quantitative estimate of drug-likeness (QED) is 0.805. The van der Waals surface area contributed by atoms with Gasteiger partial charge in [0.25, 0.3) is 0 Å². The van der Waals surface area contributed by atoms with Crippen LogP contribution in [0, 0.1) is 0 Å². The van der Waals surface area contributed by atoms with Gasteiger partial charge in [-0.2, -0.15) is 0 Å². The summed E-state index contributed by atoms with van der Waals surface area (Å²) in [7, 11) is 0. The van der Waals surface area contributed by atoms with Crippen molar-refractivity contribution < 1.29 is 0 Å². The summed E-state index contributed by atoms with van der Waals surface area (Å²) >= 11 is 0. The smallest absolute Gasteiger partial charge is 0.0408 e. The van der Waals surface area contributed by atoms with Gasteiger partial charge in [-0.15, -0.1) is 0 Å². The van der Waals surface area contributed by atoms with Crippen LogP contribution >= 0.6 is 0 Å². The van der Waals surface area contributed by atoms with Crippen molar-refractivity contribution in [1.29, 1.82) is 0 Å². The molecular weight excluding hydrogens is 232 g/mol. The van der Waals surface area contributed by atoms with Crippen molar-refractivity contribution in [1.82, 2.24) is 0 Å². The van der Waals surface area contributed by atoms with Gasteiger partial charge in [0.1, 0.15) is 0 Å². The Morgan fingerprint density at radius 3 is 1.95 bits per heavy atom. The minimum atomic E-state index is 0.293. The summed E-state index contributed by atoms with van der Waals surface area (Å²) < 4.78 is 0. The number of anilines is 2. The normalized spacial score (nSPS) is 16.6. The zero-order valence-corrected chi connectivity index (χ0v) is 12.9. The first-order chi connectivity index (χ1) is 9.06. The first-order valence-corrected chi connectivity index (χ1v) is 7.78. The number of hydrogen-bond acceptors (Lipinski definition) is 2. The standard InChI is InChI=1S/C17H28N2/c1-5-11-13-9-10-17(7-3,8-4)14(13)16(19)12(6-2)15(11)18/h5-10,18-19H2,1-4H3. The minimum Gasteiger partial charge on any atom is -0.398 e. The Kier molecular flexibility index (Phi) is 3.80. The second-order valence-corrected chi connectivity index (χ2v) is 5.83. The van der Waals surface area contributed by atoms with Crippen LogP contribution in [0.15, 0.2) is 0 Å². The lowest BCUT2D eigenvalue weighted by Gasteiger charge is -2.31. The zero-order chi connectivity index (χ0) is 14.2. The Balaban J connectivity index is 2.79. The van der Waals surface area contributed by atoms with Crippen molar-refractivity contribution in [3.8, 4) is 0 Å². The van der Waals surface area contributed by atoms with Crippen molar-refractivity contribution in [2.24, 2.45) is 0 Å². The molecule has 19 heavy (non-hydrogen) atoms. The number of nitrogens with two attached hydrogens (primary N) is 2. The van der Waals surface area contributed by atoms with Gasteiger partial charge < -0.3 is 11.5 Å². The van der Waals surface area contributed by atoms with Crippen LogP contribution in [0.5, 0.6) is 0 Å². The molecule has 0 aliphatic heterocycles. The molecule has 0 heterocycles. The second-order valence-electron chi connectivity index (χ2n) is 5.83. The fourth-order valence-electron chi connectivity index (χ4n) is 4.07. The number of hydrogen-bond donors (Lipinski definition) is 2. The average Bonchev–Trinajstić information content (AvgIpc) is 2.80. The van der Waals surface area contributed by atoms with E-state index < -0.39 is 0 Å². The van der Waals surface area contributed by atoms with Gasteiger partial charge in [-0.1, -0.05) is 27.7 Å². The van der Waals surface area contributed by atoms with Crippen LogP contribution in [0.25, 0.3) is 0 Å². The number of fused-ring (bicyclic) bond motifs is 1. The Labute approximate surface area is 117 Å². The van der Waals surface area contributed by atoms with E-state index in [2.05, 4.69) is 27.7 Å². The molecule has 0 atom stereocenters. The molecule has 0 radical (unpaired) electrons. The fraction of sp³-hybridized carbons (Fsp3) is 0.647. The maximum Gasteiger partial charge on any atom is 0.0408 e. The molecule has 2 rings (SSSR count). The largest absolute Gasteiger partial charge is 0.398 e. The van der Waals surface area contributed by atoms with Gasteiger partial charge in [-0.05, 0) is 66.2 Å². The second kappa shape index (κ2) is 5.07. The summed E-state index contributed by atoms with van der Waals surface area (Å²) in [5.74, 6) is 0. The third kappa shape index (κ3) is 1.84. The zero-order valence-electron chi connectivity index (χ0n) is 12.9. The highest BCUT2D eigenvalue weighted by atomic mass is 14.7. The molecule has 0 amide bonds. The summed E-state index contributed by atoms with van der Waals surface area (Å²) in [4.78, 5) is 0. The predicted octanol–water partition coefficient (Wildman–Crippen LogP) is 3.98. The third-order valence-electron chi connectivity index (χ3n) is 5.36. The van der Waals surface area contributed by atoms with E-state index in [1.165, 1.54) is 41.5 Å². The molecule has 1 aromatic rings. The first-order valence-electron chi connectivity index (χ1n) is 7.78. The van der Waals surface area contributed by atoms with E-state index >= 15 is 0 Å². The predicted molar refractivity (Wildman–Crippen MR) is 84.6 cm³/mol. The SMILES string of the molecule is CCc1c(N)c(CC)c2c(c1N)C(CC)(CC)CC2. The van der Waals surface area contributed by atoms with Gasteiger partial charge in [0.15, 0.2) is 0 Å². The molecule has 0 spiro atoms. The Morgan fingerprint density at radius 1 is 0.895 bits per heavy atom. The van der Waals surface area contributed by atoms with Crippen LogP contribution in [-0.4, -0.2) is 0 Å². The molecule has 0 fully saturated rings. The first kappa shape index (κ1) is 14.2. The van der Waals surface area contributed by atoms with Crippen LogP contribution < -0.4 is 11.5 Å². The lowest BCUT2D eigenvalue weighted by atomic mass is 9.75. The number of rotatable bonds is 4. The topological polar surface area (TPSA) is 52.0 Å². The number of nitrogen functional groups attached to an aromatic ring is 2. The van der Waals surface area contributed by atoms with E-state index in [0.29, 0.717) is 5.41 Å². The molecule has 1 aliphatic carbocycles. The van der Waals surface area contributed by atoms with Crippen LogP contribution in [0.2, 0.25) is 0 Å². The number of benzene rings is 1. The van der Waals surface area contributed by atoms with E-state index in [4.69, 9.17) is 11.5 Å². The Bertz CT molecular complexity index is 485. The molecular formula is C17H28N2. The van der Waals surface area contributed by atoms with Gasteiger partial charge in [-0.25, -0.2) is 0 Å². The van der Waals surface area contributed by atoms with Crippen molar-refractivity contribution in [3.63, 3.8) is 0 Å².